The number of pyridine rings is 1. The molecule has 2 N–H and O–H groups in total. The molecular formula is C17H17N3O2. The number of nitrogens with one attached hydrogen (secondary N) is 2. The number of carbonyl (C=O) groups excluding carboxylic acids is 2. The zero-order valence-corrected chi connectivity index (χ0v) is 12.3. The largest absolute Gasteiger partial charge is 0.344 e. The molecule has 0 spiro atoms. The molecule has 5 heteroatoms. The Morgan fingerprint density at radius 1 is 1.23 bits per heavy atom. The van der Waals surface area contributed by atoms with Crippen LogP contribution in [0, 0.1) is 6.92 Å². The maximum absolute atomic E-state index is 12.2. The quantitative estimate of drug-likeness (QED) is 0.912. The Morgan fingerprint density at radius 2 is 2.00 bits per heavy atom. The summed E-state index contributed by atoms with van der Waals surface area (Å²) >= 11 is 0. The van der Waals surface area contributed by atoms with Gasteiger partial charge in [0, 0.05) is 24.5 Å². The number of rotatable bonds is 3. The molecule has 0 bridgehead atoms. The molecule has 1 aromatic carbocycles. The summed E-state index contributed by atoms with van der Waals surface area (Å²) in [5.74, 6) is -0.233. The Balaban J connectivity index is 1.81. The third-order valence-corrected chi connectivity index (χ3v) is 3.82. The highest BCUT2D eigenvalue weighted by Crippen LogP contribution is 2.25. The van der Waals surface area contributed by atoms with Gasteiger partial charge < -0.3 is 10.6 Å². The molecule has 22 heavy (non-hydrogen) atoms. The van der Waals surface area contributed by atoms with Crippen molar-refractivity contribution in [3.8, 4) is 11.1 Å². The van der Waals surface area contributed by atoms with E-state index in [0.717, 1.165) is 22.4 Å². The molecule has 1 aliphatic heterocycles. The van der Waals surface area contributed by atoms with Crippen molar-refractivity contribution in [3.05, 3.63) is 48.3 Å². The lowest BCUT2D eigenvalue weighted by Crippen LogP contribution is -2.37. The van der Waals surface area contributed by atoms with Crippen LogP contribution in [-0.2, 0) is 9.59 Å². The van der Waals surface area contributed by atoms with Gasteiger partial charge in [0.05, 0.1) is 0 Å². The molecule has 2 amide bonds. The molecule has 0 saturated carbocycles. The number of hydrogen-bond donors (Lipinski definition) is 2. The van der Waals surface area contributed by atoms with Gasteiger partial charge in [0.25, 0.3) is 0 Å². The molecule has 0 aliphatic carbocycles. The number of anilines is 1. The first-order chi connectivity index (χ1) is 10.6. The fourth-order valence-corrected chi connectivity index (χ4v) is 2.51. The van der Waals surface area contributed by atoms with Crippen molar-refractivity contribution >= 4 is 17.5 Å². The van der Waals surface area contributed by atoms with Gasteiger partial charge in [0.1, 0.15) is 6.04 Å². The van der Waals surface area contributed by atoms with E-state index in [-0.39, 0.29) is 11.8 Å². The van der Waals surface area contributed by atoms with Crippen LogP contribution in [0.2, 0.25) is 0 Å². The fraction of sp³-hybridized carbons (Fsp3) is 0.235. The number of aryl methyl sites for hydroxylation is 1. The first kappa shape index (κ1) is 14.3. The molecule has 1 aliphatic rings. The maximum Gasteiger partial charge on any atom is 0.246 e. The van der Waals surface area contributed by atoms with Crippen molar-refractivity contribution in [2.24, 2.45) is 0 Å². The van der Waals surface area contributed by atoms with E-state index in [1.54, 1.807) is 12.4 Å². The molecule has 0 unspecified atom stereocenters. The van der Waals surface area contributed by atoms with Gasteiger partial charge in [-0.15, -0.1) is 0 Å². The summed E-state index contributed by atoms with van der Waals surface area (Å²) in [5.41, 5.74) is 3.80. The number of nitrogens with zero attached hydrogens (tertiary/aromatic N) is 1. The van der Waals surface area contributed by atoms with E-state index in [0.29, 0.717) is 12.8 Å². The fourth-order valence-electron chi connectivity index (χ4n) is 2.51. The smallest absolute Gasteiger partial charge is 0.246 e. The number of carbonyl (C=O) groups is 2. The molecule has 3 rings (SSSR count). The van der Waals surface area contributed by atoms with E-state index in [9.17, 15) is 9.59 Å². The molecular weight excluding hydrogens is 278 g/mol. The van der Waals surface area contributed by atoms with Gasteiger partial charge in [-0.05, 0) is 48.2 Å². The average Bonchev–Trinajstić information content (AvgIpc) is 2.97. The second-order valence-corrected chi connectivity index (χ2v) is 5.41. The van der Waals surface area contributed by atoms with Crippen molar-refractivity contribution < 1.29 is 9.59 Å². The van der Waals surface area contributed by atoms with E-state index in [1.165, 1.54) is 0 Å². The normalized spacial score (nSPS) is 17.1. The van der Waals surface area contributed by atoms with Crippen LogP contribution in [0.1, 0.15) is 18.4 Å². The monoisotopic (exact) mass is 295 g/mol. The topological polar surface area (TPSA) is 71.1 Å². The van der Waals surface area contributed by atoms with Crippen LogP contribution in [0.15, 0.2) is 42.7 Å². The molecule has 1 saturated heterocycles. The molecule has 5 nitrogen and oxygen atoms in total. The molecule has 2 aromatic rings. The molecule has 1 aromatic heterocycles. The minimum atomic E-state index is -0.434. The predicted molar refractivity (Wildman–Crippen MR) is 84.2 cm³/mol. The molecule has 1 atom stereocenters. The predicted octanol–water partition coefficient (Wildman–Crippen LogP) is 2.27. The minimum Gasteiger partial charge on any atom is -0.344 e. The van der Waals surface area contributed by atoms with Gasteiger partial charge >= 0.3 is 0 Å². The van der Waals surface area contributed by atoms with Gasteiger partial charge in [-0.25, -0.2) is 0 Å². The Labute approximate surface area is 128 Å². The summed E-state index contributed by atoms with van der Waals surface area (Å²) in [6, 6.07) is 9.34. The SMILES string of the molecule is Cc1ccc(-c2ccncc2)cc1NC(=O)[C@@H]1CCC(=O)N1. The second kappa shape index (κ2) is 5.97. The number of aromatic nitrogens is 1. The summed E-state index contributed by atoms with van der Waals surface area (Å²) in [7, 11) is 0. The zero-order chi connectivity index (χ0) is 15.5. The van der Waals surface area contributed by atoms with Gasteiger partial charge in [0.15, 0.2) is 0 Å². The minimum absolute atomic E-state index is 0.0672. The molecule has 112 valence electrons. The van der Waals surface area contributed by atoms with E-state index in [1.807, 2.05) is 37.3 Å². The Kier molecular flexibility index (Phi) is 3.87. The van der Waals surface area contributed by atoms with E-state index in [4.69, 9.17) is 0 Å². The van der Waals surface area contributed by atoms with Crippen LogP contribution in [-0.4, -0.2) is 22.8 Å². The molecule has 2 heterocycles. The second-order valence-electron chi connectivity index (χ2n) is 5.41. The van der Waals surface area contributed by atoms with Crippen LogP contribution in [0.3, 0.4) is 0 Å². The van der Waals surface area contributed by atoms with Gasteiger partial charge in [0.2, 0.25) is 11.8 Å². The van der Waals surface area contributed by atoms with Crippen molar-refractivity contribution in [3.63, 3.8) is 0 Å². The number of hydrogen-bond acceptors (Lipinski definition) is 3. The van der Waals surface area contributed by atoms with Crippen molar-refractivity contribution in [2.75, 3.05) is 5.32 Å². The summed E-state index contributed by atoms with van der Waals surface area (Å²) in [6.45, 7) is 1.94. The van der Waals surface area contributed by atoms with Crippen LogP contribution in [0.4, 0.5) is 5.69 Å². The van der Waals surface area contributed by atoms with E-state index < -0.39 is 6.04 Å². The van der Waals surface area contributed by atoms with E-state index in [2.05, 4.69) is 15.6 Å². The highest BCUT2D eigenvalue weighted by atomic mass is 16.2. The highest BCUT2D eigenvalue weighted by molar-refractivity contribution is 5.99. The number of benzene rings is 1. The van der Waals surface area contributed by atoms with Crippen LogP contribution < -0.4 is 10.6 Å². The first-order valence-corrected chi connectivity index (χ1v) is 7.25. The lowest BCUT2D eigenvalue weighted by molar-refractivity contribution is -0.122. The lowest BCUT2D eigenvalue weighted by atomic mass is 10.0. The lowest BCUT2D eigenvalue weighted by Gasteiger charge is -2.14. The van der Waals surface area contributed by atoms with E-state index >= 15 is 0 Å². The summed E-state index contributed by atoms with van der Waals surface area (Å²) in [6.07, 6.45) is 4.44. The van der Waals surface area contributed by atoms with Crippen LogP contribution in [0.25, 0.3) is 11.1 Å². The third kappa shape index (κ3) is 2.98. The van der Waals surface area contributed by atoms with Crippen LogP contribution >= 0.6 is 0 Å². The van der Waals surface area contributed by atoms with Gasteiger partial charge in [-0.1, -0.05) is 12.1 Å². The average molecular weight is 295 g/mol. The first-order valence-electron chi connectivity index (χ1n) is 7.25. The van der Waals surface area contributed by atoms with Crippen molar-refractivity contribution in [2.45, 2.75) is 25.8 Å². The molecule has 1 fully saturated rings. The maximum atomic E-state index is 12.2. The number of amides is 2. The summed E-state index contributed by atoms with van der Waals surface area (Å²) < 4.78 is 0. The van der Waals surface area contributed by atoms with Gasteiger partial charge in [-0.3, -0.25) is 14.6 Å². The Bertz CT molecular complexity index is 713. The van der Waals surface area contributed by atoms with Crippen molar-refractivity contribution in [1.29, 1.82) is 0 Å². The summed E-state index contributed by atoms with van der Waals surface area (Å²) in [5, 5.41) is 5.59. The van der Waals surface area contributed by atoms with Crippen molar-refractivity contribution in [1.82, 2.24) is 10.3 Å². The standard InChI is InChI=1S/C17H17N3O2/c1-11-2-3-13(12-6-8-18-9-7-12)10-15(11)20-17(22)14-4-5-16(21)19-14/h2-3,6-10,14H,4-5H2,1H3,(H,19,21)(H,20,22)/t14-/m0/s1. The third-order valence-electron chi connectivity index (χ3n) is 3.82. The van der Waals surface area contributed by atoms with Crippen LogP contribution in [0.5, 0.6) is 0 Å². The highest BCUT2D eigenvalue weighted by Gasteiger charge is 2.27. The Hall–Kier alpha value is -2.69. The molecule has 0 radical (unpaired) electrons. The summed E-state index contributed by atoms with van der Waals surface area (Å²) in [4.78, 5) is 27.5. The Morgan fingerprint density at radius 3 is 2.68 bits per heavy atom. The zero-order valence-electron chi connectivity index (χ0n) is 12.3. The van der Waals surface area contributed by atoms with Gasteiger partial charge in [-0.2, -0.15) is 0 Å².